The molecule has 1 unspecified atom stereocenters. The molecule has 0 heterocycles. The first-order chi connectivity index (χ1) is 9.54. The van der Waals surface area contributed by atoms with Gasteiger partial charge in [0.1, 0.15) is 0 Å². The number of hydrogen-bond donors (Lipinski definition) is 1. The Bertz CT molecular complexity index is 379. The van der Waals surface area contributed by atoms with Gasteiger partial charge in [-0.2, -0.15) is 11.8 Å². The molecule has 0 saturated heterocycles. The first kappa shape index (κ1) is 17.5. The SMILES string of the molecule is CSCCC(C)N(C)Cc1ccccc1CNC(C)C. The second-order valence-corrected chi connectivity index (χ2v) is 6.84. The van der Waals surface area contributed by atoms with E-state index in [-0.39, 0.29) is 0 Å². The largest absolute Gasteiger partial charge is 0.310 e. The average molecular weight is 295 g/mol. The summed E-state index contributed by atoms with van der Waals surface area (Å²) in [7, 11) is 2.23. The van der Waals surface area contributed by atoms with Crippen molar-refractivity contribution in [2.45, 2.75) is 52.4 Å². The van der Waals surface area contributed by atoms with Crippen LogP contribution in [0.1, 0.15) is 38.3 Å². The Balaban J connectivity index is 2.61. The van der Waals surface area contributed by atoms with E-state index >= 15 is 0 Å². The molecule has 1 N–H and O–H groups in total. The van der Waals surface area contributed by atoms with Crippen LogP contribution in [0.4, 0.5) is 0 Å². The zero-order chi connectivity index (χ0) is 15.0. The van der Waals surface area contributed by atoms with Gasteiger partial charge in [0.15, 0.2) is 0 Å². The van der Waals surface area contributed by atoms with Crippen LogP contribution in [0.15, 0.2) is 24.3 Å². The van der Waals surface area contributed by atoms with Crippen LogP contribution in [0.3, 0.4) is 0 Å². The standard InChI is InChI=1S/C17H30N2S/c1-14(2)18-12-16-8-6-7-9-17(16)13-19(4)15(3)10-11-20-5/h6-9,14-15,18H,10-13H2,1-5H3. The minimum absolute atomic E-state index is 0.529. The van der Waals surface area contributed by atoms with Crippen LogP contribution < -0.4 is 5.32 Å². The van der Waals surface area contributed by atoms with Crippen molar-refractivity contribution in [3.05, 3.63) is 35.4 Å². The van der Waals surface area contributed by atoms with Crippen LogP contribution in [0.25, 0.3) is 0 Å². The van der Waals surface area contributed by atoms with Crippen molar-refractivity contribution in [1.82, 2.24) is 10.2 Å². The van der Waals surface area contributed by atoms with E-state index in [0.717, 1.165) is 13.1 Å². The van der Waals surface area contributed by atoms with Gasteiger partial charge in [-0.3, -0.25) is 4.90 Å². The highest BCUT2D eigenvalue weighted by Crippen LogP contribution is 2.14. The Morgan fingerprint density at radius 1 is 1.15 bits per heavy atom. The molecule has 20 heavy (non-hydrogen) atoms. The van der Waals surface area contributed by atoms with Crippen molar-refractivity contribution in [2.24, 2.45) is 0 Å². The van der Waals surface area contributed by atoms with Crippen molar-refractivity contribution in [2.75, 3.05) is 19.1 Å². The quantitative estimate of drug-likeness (QED) is 0.746. The van der Waals surface area contributed by atoms with Crippen LogP contribution >= 0.6 is 11.8 Å². The van der Waals surface area contributed by atoms with E-state index < -0.39 is 0 Å². The molecule has 0 fully saturated rings. The fourth-order valence-electron chi connectivity index (χ4n) is 2.13. The van der Waals surface area contributed by atoms with Gasteiger partial charge < -0.3 is 5.32 Å². The van der Waals surface area contributed by atoms with Gasteiger partial charge in [0, 0.05) is 25.2 Å². The molecular weight excluding hydrogens is 264 g/mol. The molecule has 0 aliphatic heterocycles. The first-order valence-electron chi connectivity index (χ1n) is 7.54. The number of nitrogens with one attached hydrogen (secondary N) is 1. The molecule has 0 radical (unpaired) electrons. The van der Waals surface area contributed by atoms with E-state index in [4.69, 9.17) is 0 Å². The summed E-state index contributed by atoms with van der Waals surface area (Å²) in [5.41, 5.74) is 2.87. The van der Waals surface area contributed by atoms with Crippen molar-refractivity contribution in [3.63, 3.8) is 0 Å². The van der Waals surface area contributed by atoms with Crippen LogP contribution in [0.2, 0.25) is 0 Å². The molecule has 1 atom stereocenters. The fraction of sp³-hybridized carbons (Fsp3) is 0.647. The third-order valence-corrected chi connectivity index (χ3v) is 4.38. The van der Waals surface area contributed by atoms with Crippen molar-refractivity contribution < 1.29 is 0 Å². The lowest BCUT2D eigenvalue weighted by Crippen LogP contribution is -2.30. The smallest absolute Gasteiger partial charge is 0.0236 e. The average Bonchev–Trinajstić information content (AvgIpc) is 2.43. The van der Waals surface area contributed by atoms with E-state index in [1.165, 1.54) is 23.3 Å². The third-order valence-electron chi connectivity index (χ3n) is 3.73. The predicted molar refractivity (Wildman–Crippen MR) is 92.3 cm³/mol. The summed E-state index contributed by atoms with van der Waals surface area (Å²) < 4.78 is 0. The Morgan fingerprint density at radius 2 is 1.80 bits per heavy atom. The summed E-state index contributed by atoms with van der Waals surface area (Å²) in [6.07, 6.45) is 3.43. The summed E-state index contributed by atoms with van der Waals surface area (Å²) in [5.74, 6) is 1.24. The number of nitrogens with zero attached hydrogens (tertiary/aromatic N) is 1. The minimum Gasteiger partial charge on any atom is -0.310 e. The van der Waals surface area contributed by atoms with Gasteiger partial charge in [-0.15, -0.1) is 0 Å². The van der Waals surface area contributed by atoms with Crippen molar-refractivity contribution >= 4 is 11.8 Å². The van der Waals surface area contributed by atoms with Gasteiger partial charge in [-0.05, 0) is 43.5 Å². The highest BCUT2D eigenvalue weighted by atomic mass is 32.2. The van der Waals surface area contributed by atoms with Crippen molar-refractivity contribution in [1.29, 1.82) is 0 Å². The van der Waals surface area contributed by atoms with Crippen molar-refractivity contribution in [3.8, 4) is 0 Å². The maximum atomic E-state index is 3.52. The second kappa shape index (κ2) is 9.43. The molecule has 0 aromatic heterocycles. The van der Waals surface area contributed by atoms with Gasteiger partial charge in [0.25, 0.3) is 0 Å². The maximum absolute atomic E-state index is 3.52. The molecule has 114 valence electrons. The Morgan fingerprint density at radius 3 is 2.40 bits per heavy atom. The number of rotatable bonds is 9. The van der Waals surface area contributed by atoms with Gasteiger partial charge >= 0.3 is 0 Å². The van der Waals surface area contributed by atoms with Crippen LogP contribution in [-0.4, -0.2) is 36.0 Å². The molecule has 0 bridgehead atoms. The molecule has 0 aliphatic rings. The lowest BCUT2D eigenvalue weighted by molar-refractivity contribution is 0.244. The van der Waals surface area contributed by atoms with E-state index in [1.54, 1.807) is 0 Å². The molecule has 0 aliphatic carbocycles. The zero-order valence-electron chi connectivity index (χ0n) is 13.6. The van der Waals surface area contributed by atoms with E-state index in [1.807, 2.05) is 11.8 Å². The lowest BCUT2D eigenvalue weighted by atomic mass is 10.1. The molecular formula is C17H30N2S. The normalized spacial score (nSPS) is 13.2. The number of benzene rings is 1. The highest BCUT2D eigenvalue weighted by Gasteiger charge is 2.11. The maximum Gasteiger partial charge on any atom is 0.0236 e. The molecule has 2 nitrogen and oxygen atoms in total. The Hall–Kier alpha value is -0.510. The monoisotopic (exact) mass is 294 g/mol. The van der Waals surface area contributed by atoms with Gasteiger partial charge in [-0.25, -0.2) is 0 Å². The third kappa shape index (κ3) is 6.29. The lowest BCUT2D eigenvalue weighted by Gasteiger charge is -2.26. The Labute approximate surface area is 129 Å². The first-order valence-corrected chi connectivity index (χ1v) is 8.93. The van der Waals surface area contributed by atoms with E-state index in [2.05, 4.69) is 68.6 Å². The number of hydrogen-bond acceptors (Lipinski definition) is 3. The molecule has 1 rings (SSSR count). The zero-order valence-corrected chi connectivity index (χ0v) is 14.5. The summed E-state index contributed by atoms with van der Waals surface area (Å²) in [6.45, 7) is 8.70. The summed E-state index contributed by atoms with van der Waals surface area (Å²) in [5, 5.41) is 3.52. The molecule has 3 heteroatoms. The number of thioether (sulfide) groups is 1. The second-order valence-electron chi connectivity index (χ2n) is 5.85. The van der Waals surface area contributed by atoms with Crippen LogP contribution in [0.5, 0.6) is 0 Å². The predicted octanol–water partition coefficient (Wildman–Crippen LogP) is 3.76. The summed E-state index contributed by atoms with van der Waals surface area (Å²) in [6, 6.07) is 9.95. The van der Waals surface area contributed by atoms with Gasteiger partial charge in [0.05, 0.1) is 0 Å². The molecule has 0 spiro atoms. The fourth-order valence-corrected chi connectivity index (χ4v) is 2.71. The van der Waals surface area contributed by atoms with Gasteiger partial charge in [-0.1, -0.05) is 38.1 Å². The highest BCUT2D eigenvalue weighted by molar-refractivity contribution is 7.98. The minimum atomic E-state index is 0.529. The van der Waals surface area contributed by atoms with Crippen LogP contribution in [0, 0.1) is 0 Å². The molecule has 1 aromatic rings. The van der Waals surface area contributed by atoms with Gasteiger partial charge in [0.2, 0.25) is 0 Å². The molecule has 0 amide bonds. The van der Waals surface area contributed by atoms with E-state index in [9.17, 15) is 0 Å². The molecule has 1 aromatic carbocycles. The van der Waals surface area contributed by atoms with Crippen LogP contribution in [-0.2, 0) is 13.1 Å². The van der Waals surface area contributed by atoms with E-state index in [0.29, 0.717) is 12.1 Å². The summed E-state index contributed by atoms with van der Waals surface area (Å²) >= 11 is 1.93. The summed E-state index contributed by atoms with van der Waals surface area (Å²) in [4.78, 5) is 2.46. The topological polar surface area (TPSA) is 15.3 Å². The molecule has 0 saturated carbocycles. The Kier molecular flexibility index (Phi) is 8.27.